The zero-order valence-electron chi connectivity index (χ0n) is 21.2. The number of aliphatic hydroxyl groups is 1. The third-order valence-corrected chi connectivity index (χ3v) is 7.11. The number of amides is 1. The highest BCUT2D eigenvalue weighted by Crippen LogP contribution is 2.33. The number of ether oxygens (including phenoxy) is 1. The van der Waals surface area contributed by atoms with Crippen molar-refractivity contribution in [3.05, 3.63) is 53.7 Å². The summed E-state index contributed by atoms with van der Waals surface area (Å²) in [5, 5.41) is 15.1. The number of carbonyl (C=O) groups is 1. The van der Waals surface area contributed by atoms with E-state index in [1.54, 1.807) is 37.3 Å². The molecule has 0 unspecified atom stereocenters. The first-order valence-corrected chi connectivity index (χ1v) is 13.1. The van der Waals surface area contributed by atoms with Gasteiger partial charge in [-0.25, -0.2) is 0 Å². The van der Waals surface area contributed by atoms with Crippen molar-refractivity contribution in [3.63, 3.8) is 0 Å². The van der Waals surface area contributed by atoms with E-state index in [-0.39, 0.29) is 5.91 Å². The Labute approximate surface area is 221 Å². The summed E-state index contributed by atoms with van der Waals surface area (Å²) < 4.78 is 5.46. The molecule has 3 aromatic rings. The number of nitrogens with two attached hydrogens (primary N) is 2. The molecule has 3 heterocycles. The zero-order valence-corrected chi connectivity index (χ0v) is 22.1. The van der Waals surface area contributed by atoms with Gasteiger partial charge in [-0.2, -0.15) is 0 Å². The molecule has 37 heavy (non-hydrogen) atoms. The van der Waals surface area contributed by atoms with Gasteiger partial charge in [-0.05, 0) is 55.8 Å². The Morgan fingerprint density at radius 1 is 1.16 bits per heavy atom. The molecule has 1 aromatic carbocycles. The Hall–Kier alpha value is -3.38. The Morgan fingerprint density at radius 2 is 1.89 bits per heavy atom. The Kier molecular flexibility index (Phi) is 8.49. The predicted octanol–water partition coefficient (Wildman–Crippen LogP) is 2.64. The minimum Gasteiger partial charge on any atom is -0.397 e. The van der Waals surface area contributed by atoms with Gasteiger partial charge in [-0.3, -0.25) is 25.1 Å². The lowest BCUT2D eigenvalue weighted by Crippen LogP contribution is -2.48. The molecule has 1 fully saturated rings. The molecule has 1 amide bonds. The molecule has 0 spiro atoms. The highest BCUT2D eigenvalue weighted by atomic mass is 32.1. The lowest BCUT2D eigenvalue weighted by Gasteiger charge is -2.32. The van der Waals surface area contributed by atoms with Gasteiger partial charge in [0.2, 0.25) is 0 Å². The summed E-state index contributed by atoms with van der Waals surface area (Å²) in [5.41, 5.74) is 17.9. The fourth-order valence-corrected chi connectivity index (χ4v) is 4.83. The van der Waals surface area contributed by atoms with Crippen LogP contribution < -0.4 is 27.2 Å². The van der Waals surface area contributed by atoms with Gasteiger partial charge < -0.3 is 26.6 Å². The Bertz CT molecular complexity index is 1190. The molecule has 1 aliphatic heterocycles. The number of carbonyl (C=O) groups excluding carboxylic acids is 1. The van der Waals surface area contributed by atoms with Crippen LogP contribution in [0.3, 0.4) is 0 Å². The lowest BCUT2D eigenvalue weighted by atomic mass is 10.1. The normalized spacial score (nSPS) is 14.4. The van der Waals surface area contributed by atoms with Crippen LogP contribution in [0.5, 0.6) is 0 Å². The number of pyridine rings is 1. The molecule has 2 aromatic heterocycles. The van der Waals surface area contributed by atoms with E-state index < -0.39 is 5.60 Å². The van der Waals surface area contributed by atoms with E-state index in [2.05, 4.69) is 20.6 Å². The second kappa shape index (κ2) is 11.8. The molecular weight excluding hydrogens is 490 g/mol. The fraction of sp³-hybridized carbons (Fsp3) is 0.385. The summed E-state index contributed by atoms with van der Waals surface area (Å²) in [6.07, 6.45) is 3.46. The minimum atomic E-state index is -0.927. The third kappa shape index (κ3) is 7.32. The molecule has 0 saturated carbocycles. The van der Waals surface area contributed by atoms with Crippen molar-refractivity contribution in [1.82, 2.24) is 15.3 Å². The van der Waals surface area contributed by atoms with Crippen molar-refractivity contribution < 1.29 is 14.6 Å². The van der Waals surface area contributed by atoms with Crippen LogP contribution in [0, 0.1) is 0 Å². The predicted molar refractivity (Wildman–Crippen MR) is 150 cm³/mol. The van der Waals surface area contributed by atoms with Gasteiger partial charge in [0.15, 0.2) is 0 Å². The standard InChI is InChI=1S/C26H35N7O3S/c1-26(2,35)17-30-21-16-22(20(28)15-19(21)27)33(10-9-32-11-13-36-14-12-32)31-25(34)24-4-3-23(37-24)18-5-7-29-8-6-18/h3-8,15-16,30,35H,9-14,17,27-28H2,1-2H3,(H,31,34). The summed E-state index contributed by atoms with van der Waals surface area (Å²) >= 11 is 1.41. The zero-order chi connectivity index (χ0) is 26.4. The molecule has 4 rings (SSSR count). The van der Waals surface area contributed by atoms with Gasteiger partial charge in [0.1, 0.15) is 0 Å². The maximum atomic E-state index is 13.3. The van der Waals surface area contributed by atoms with Crippen LogP contribution in [-0.2, 0) is 4.74 Å². The number of hydrogen-bond donors (Lipinski definition) is 5. The number of morpholine rings is 1. The molecule has 7 N–H and O–H groups in total. The van der Waals surface area contributed by atoms with Gasteiger partial charge >= 0.3 is 0 Å². The monoisotopic (exact) mass is 525 g/mol. The number of anilines is 4. The van der Waals surface area contributed by atoms with E-state index in [4.69, 9.17) is 16.2 Å². The summed E-state index contributed by atoms with van der Waals surface area (Å²) in [6.45, 7) is 7.99. The number of benzene rings is 1. The van der Waals surface area contributed by atoms with E-state index in [1.807, 2.05) is 30.3 Å². The minimum absolute atomic E-state index is 0.227. The number of nitrogen functional groups attached to an aromatic ring is 2. The smallest absolute Gasteiger partial charge is 0.279 e. The number of rotatable bonds is 10. The highest BCUT2D eigenvalue weighted by molar-refractivity contribution is 7.17. The van der Waals surface area contributed by atoms with Crippen LogP contribution in [0.25, 0.3) is 10.4 Å². The Balaban J connectivity index is 1.57. The summed E-state index contributed by atoms with van der Waals surface area (Å²) in [6, 6.07) is 11.1. The number of hydrazine groups is 1. The van der Waals surface area contributed by atoms with Gasteiger partial charge in [-0.1, -0.05) is 0 Å². The van der Waals surface area contributed by atoms with Crippen LogP contribution in [0.4, 0.5) is 22.7 Å². The van der Waals surface area contributed by atoms with Crippen LogP contribution >= 0.6 is 11.3 Å². The van der Waals surface area contributed by atoms with Gasteiger partial charge in [-0.15, -0.1) is 11.3 Å². The highest BCUT2D eigenvalue weighted by Gasteiger charge is 2.21. The first kappa shape index (κ1) is 26.7. The van der Waals surface area contributed by atoms with E-state index >= 15 is 0 Å². The topological polar surface area (TPSA) is 142 Å². The number of nitrogens with zero attached hydrogens (tertiary/aromatic N) is 3. The summed E-state index contributed by atoms with van der Waals surface area (Å²) in [4.78, 5) is 21.3. The Morgan fingerprint density at radius 3 is 2.59 bits per heavy atom. The first-order chi connectivity index (χ1) is 17.7. The average Bonchev–Trinajstić information content (AvgIpc) is 3.37. The molecule has 1 saturated heterocycles. The number of aromatic nitrogens is 1. The number of thiophene rings is 1. The lowest BCUT2D eigenvalue weighted by molar-refractivity contribution is 0.0388. The molecule has 1 aliphatic rings. The van der Waals surface area contributed by atoms with Crippen molar-refractivity contribution in [1.29, 1.82) is 0 Å². The molecule has 10 nitrogen and oxygen atoms in total. The van der Waals surface area contributed by atoms with Crippen molar-refractivity contribution in [2.24, 2.45) is 0 Å². The van der Waals surface area contributed by atoms with Crippen molar-refractivity contribution >= 4 is 40.0 Å². The van der Waals surface area contributed by atoms with E-state index in [9.17, 15) is 9.90 Å². The molecular formula is C26H35N7O3S. The van der Waals surface area contributed by atoms with E-state index in [0.717, 1.165) is 23.5 Å². The van der Waals surface area contributed by atoms with Gasteiger partial charge in [0.05, 0.1) is 53.0 Å². The van der Waals surface area contributed by atoms with Crippen LogP contribution in [0.15, 0.2) is 48.8 Å². The van der Waals surface area contributed by atoms with Crippen LogP contribution in [0.2, 0.25) is 0 Å². The first-order valence-electron chi connectivity index (χ1n) is 12.2. The molecule has 0 bridgehead atoms. The quantitative estimate of drug-likeness (QED) is 0.199. The second-order valence-corrected chi connectivity index (χ2v) is 10.7. The number of hydrogen-bond acceptors (Lipinski definition) is 10. The molecule has 0 aliphatic carbocycles. The third-order valence-electron chi connectivity index (χ3n) is 5.98. The van der Waals surface area contributed by atoms with Gasteiger partial charge in [0, 0.05) is 43.4 Å². The summed E-state index contributed by atoms with van der Waals surface area (Å²) in [7, 11) is 0. The van der Waals surface area contributed by atoms with Crippen molar-refractivity contribution in [3.8, 4) is 10.4 Å². The SMILES string of the molecule is CC(C)(O)CNc1cc(N(CCN2CCOCC2)NC(=O)c2ccc(-c3ccncc3)s2)c(N)cc1N. The van der Waals surface area contributed by atoms with Crippen molar-refractivity contribution in [2.45, 2.75) is 19.4 Å². The maximum absolute atomic E-state index is 13.3. The molecule has 11 heteroatoms. The van der Waals surface area contributed by atoms with E-state index in [0.29, 0.717) is 60.5 Å². The molecule has 0 atom stereocenters. The van der Waals surface area contributed by atoms with Gasteiger partial charge in [0.25, 0.3) is 5.91 Å². The maximum Gasteiger partial charge on any atom is 0.279 e. The number of nitrogens with one attached hydrogen (secondary N) is 2. The van der Waals surface area contributed by atoms with Crippen molar-refractivity contribution in [2.75, 3.05) is 67.7 Å². The van der Waals surface area contributed by atoms with Crippen LogP contribution in [0.1, 0.15) is 23.5 Å². The largest absolute Gasteiger partial charge is 0.397 e. The second-order valence-electron chi connectivity index (χ2n) is 9.61. The van der Waals surface area contributed by atoms with E-state index in [1.165, 1.54) is 11.3 Å². The molecule has 0 radical (unpaired) electrons. The summed E-state index contributed by atoms with van der Waals surface area (Å²) in [5.74, 6) is -0.227. The van der Waals surface area contributed by atoms with Crippen LogP contribution in [-0.4, -0.2) is 72.4 Å². The average molecular weight is 526 g/mol. The fourth-order valence-electron chi connectivity index (χ4n) is 3.93. The molecule has 198 valence electrons.